The molecule has 0 amide bonds. The van der Waals surface area contributed by atoms with Gasteiger partial charge < -0.3 is 14.9 Å². The van der Waals surface area contributed by atoms with E-state index in [-0.39, 0.29) is 11.8 Å². The monoisotopic (exact) mass is 222 g/mol. The van der Waals surface area contributed by atoms with Gasteiger partial charge in [0.25, 0.3) is 6.01 Å². The number of nitrogen functional groups attached to an aromatic ring is 1. The van der Waals surface area contributed by atoms with E-state index in [0.29, 0.717) is 17.0 Å². The molecule has 0 aliphatic heterocycles. The van der Waals surface area contributed by atoms with E-state index in [1.165, 1.54) is 19.2 Å². The Morgan fingerprint density at radius 1 is 1.44 bits per heavy atom. The largest absolute Gasteiger partial charge is 0.494 e. The summed E-state index contributed by atoms with van der Waals surface area (Å²) in [6, 6.07) is 4.62. The molecule has 0 aliphatic rings. The Hall–Kier alpha value is -2.04. The van der Waals surface area contributed by atoms with Gasteiger partial charge in [-0.05, 0) is 25.1 Å². The van der Waals surface area contributed by atoms with Crippen molar-refractivity contribution in [1.82, 2.24) is 4.98 Å². The van der Waals surface area contributed by atoms with E-state index in [4.69, 9.17) is 14.9 Å². The topological polar surface area (TPSA) is 61.3 Å². The first-order chi connectivity index (χ1) is 7.61. The molecule has 1 aromatic heterocycles. The number of methoxy groups -OCH3 is 1. The molecule has 1 heterocycles. The van der Waals surface area contributed by atoms with E-state index in [9.17, 15) is 4.39 Å². The van der Waals surface area contributed by atoms with Gasteiger partial charge >= 0.3 is 0 Å². The zero-order chi connectivity index (χ0) is 11.7. The second-order valence-electron chi connectivity index (χ2n) is 3.32. The van der Waals surface area contributed by atoms with Gasteiger partial charge in [0.15, 0.2) is 17.3 Å². The second kappa shape index (κ2) is 3.84. The Labute approximate surface area is 91.9 Å². The average Bonchev–Trinajstić information content (AvgIpc) is 2.58. The van der Waals surface area contributed by atoms with E-state index in [2.05, 4.69) is 4.98 Å². The fraction of sp³-hybridized carbons (Fsp3) is 0.182. The molecule has 2 N–H and O–H groups in total. The minimum atomic E-state index is -0.450. The molecular weight excluding hydrogens is 211 g/mol. The van der Waals surface area contributed by atoms with Crippen LogP contribution >= 0.6 is 0 Å². The summed E-state index contributed by atoms with van der Waals surface area (Å²) in [5.41, 5.74) is 6.62. The summed E-state index contributed by atoms with van der Waals surface area (Å²) in [5.74, 6) is 0.210. The molecule has 0 unspecified atom stereocenters. The third-order valence-corrected chi connectivity index (χ3v) is 2.23. The summed E-state index contributed by atoms with van der Waals surface area (Å²) in [4.78, 5) is 3.92. The van der Waals surface area contributed by atoms with Gasteiger partial charge in [0.1, 0.15) is 0 Å². The number of rotatable bonds is 2. The van der Waals surface area contributed by atoms with Gasteiger partial charge in [-0.15, -0.1) is 0 Å². The van der Waals surface area contributed by atoms with Crippen LogP contribution in [0.3, 0.4) is 0 Å². The first-order valence-corrected chi connectivity index (χ1v) is 4.68. The average molecular weight is 222 g/mol. The normalized spacial score (nSPS) is 10.4. The highest BCUT2D eigenvalue weighted by atomic mass is 19.1. The van der Waals surface area contributed by atoms with Crippen molar-refractivity contribution < 1.29 is 13.5 Å². The van der Waals surface area contributed by atoms with Crippen LogP contribution in [0.1, 0.15) is 5.69 Å². The molecule has 2 rings (SSSR count). The van der Waals surface area contributed by atoms with Gasteiger partial charge in [0, 0.05) is 5.56 Å². The smallest absolute Gasteiger partial charge is 0.292 e. The van der Waals surface area contributed by atoms with E-state index in [0.717, 1.165) is 0 Å². The molecule has 0 spiro atoms. The Balaban J connectivity index is 2.49. The van der Waals surface area contributed by atoms with Gasteiger partial charge in [-0.3, -0.25) is 0 Å². The lowest BCUT2D eigenvalue weighted by Crippen LogP contribution is -1.88. The number of oxazole rings is 1. The second-order valence-corrected chi connectivity index (χ2v) is 3.32. The summed E-state index contributed by atoms with van der Waals surface area (Å²) in [7, 11) is 1.41. The SMILES string of the molecule is COc1ccc(-c2oc(N)nc2C)cc1F. The summed E-state index contributed by atoms with van der Waals surface area (Å²) in [5, 5.41) is 0. The van der Waals surface area contributed by atoms with Crippen molar-refractivity contribution in [2.45, 2.75) is 6.92 Å². The number of anilines is 1. The van der Waals surface area contributed by atoms with E-state index in [1.54, 1.807) is 13.0 Å². The zero-order valence-corrected chi connectivity index (χ0v) is 8.95. The number of benzene rings is 1. The van der Waals surface area contributed by atoms with Crippen LogP contribution in [0.15, 0.2) is 22.6 Å². The zero-order valence-electron chi connectivity index (χ0n) is 8.95. The fourth-order valence-corrected chi connectivity index (χ4v) is 1.49. The number of aromatic nitrogens is 1. The number of halogens is 1. The van der Waals surface area contributed by atoms with Crippen molar-refractivity contribution in [3.8, 4) is 17.1 Å². The van der Waals surface area contributed by atoms with Crippen molar-refractivity contribution in [2.24, 2.45) is 0 Å². The van der Waals surface area contributed by atoms with Crippen LogP contribution in [-0.4, -0.2) is 12.1 Å². The molecule has 1 aromatic carbocycles. The maximum absolute atomic E-state index is 13.5. The van der Waals surface area contributed by atoms with Crippen LogP contribution in [0.25, 0.3) is 11.3 Å². The summed E-state index contributed by atoms with van der Waals surface area (Å²) in [6.45, 7) is 1.75. The lowest BCUT2D eigenvalue weighted by molar-refractivity contribution is 0.386. The fourth-order valence-electron chi connectivity index (χ4n) is 1.49. The highest BCUT2D eigenvalue weighted by Crippen LogP contribution is 2.28. The predicted octanol–water partition coefficient (Wildman–Crippen LogP) is 2.38. The Kier molecular flexibility index (Phi) is 2.52. The van der Waals surface area contributed by atoms with Gasteiger partial charge in [0.05, 0.1) is 12.8 Å². The minimum Gasteiger partial charge on any atom is -0.494 e. The lowest BCUT2D eigenvalue weighted by Gasteiger charge is -2.03. The van der Waals surface area contributed by atoms with Gasteiger partial charge in [0.2, 0.25) is 0 Å². The standard InChI is InChI=1S/C11H11FN2O2/c1-6-10(16-11(13)14-6)7-3-4-9(15-2)8(12)5-7/h3-5H,1-2H3,(H2,13,14). The number of hydrogen-bond donors (Lipinski definition) is 1. The summed E-state index contributed by atoms with van der Waals surface area (Å²) >= 11 is 0. The predicted molar refractivity (Wildman–Crippen MR) is 57.6 cm³/mol. The van der Waals surface area contributed by atoms with E-state index in [1.807, 2.05) is 0 Å². The van der Waals surface area contributed by atoms with Crippen LogP contribution < -0.4 is 10.5 Å². The van der Waals surface area contributed by atoms with Crippen LogP contribution in [-0.2, 0) is 0 Å². The highest BCUT2D eigenvalue weighted by molar-refractivity contribution is 5.61. The highest BCUT2D eigenvalue weighted by Gasteiger charge is 2.12. The van der Waals surface area contributed by atoms with Crippen molar-refractivity contribution >= 4 is 6.01 Å². The number of aryl methyl sites for hydroxylation is 1. The molecular formula is C11H11FN2O2. The first-order valence-electron chi connectivity index (χ1n) is 4.68. The number of hydrogen-bond acceptors (Lipinski definition) is 4. The molecule has 0 atom stereocenters. The molecule has 5 heteroatoms. The van der Waals surface area contributed by atoms with Crippen molar-refractivity contribution in [2.75, 3.05) is 12.8 Å². The number of nitrogens with zero attached hydrogens (tertiary/aromatic N) is 1. The number of nitrogens with two attached hydrogens (primary N) is 1. The Bertz CT molecular complexity index is 523. The summed E-state index contributed by atoms with van der Waals surface area (Å²) < 4.78 is 23.5. The molecule has 4 nitrogen and oxygen atoms in total. The van der Waals surface area contributed by atoms with Crippen LogP contribution in [0, 0.1) is 12.7 Å². The van der Waals surface area contributed by atoms with Crippen molar-refractivity contribution in [3.63, 3.8) is 0 Å². The lowest BCUT2D eigenvalue weighted by atomic mass is 10.1. The molecule has 0 saturated heterocycles. The molecule has 16 heavy (non-hydrogen) atoms. The van der Waals surface area contributed by atoms with Crippen molar-refractivity contribution in [1.29, 1.82) is 0 Å². The molecule has 0 aliphatic carbocycles. The van der Waals surface area contributed by atoms with Crippen LogP contribution in [0.5, 0.6) is 5.75 Å². The van der Waals surface area contributed by atoms with Crippen molar-refractivity contribution in [3.05, 3.63) is 29.7 Å². The maximum atomic E-state index is 13.5. The number of ether oxygens (including phenoxy) is 1. The third-order valence-electron chi connectivity index (χ3n) is 2.23. The maximum Gasteiger partial charge on any atom is 0.292 e. The Morgan fingerprint density at radius 3 is 2.69 bits per heavy atom. The Morgan fingerprint density at radius 2 is 2.19 bits per heavy atom. The molecule has 0 radical (unpaired) electrons. The third kappa shape index (κ3) is 1.71. The molecule has 84 valence electrons. The van der Waals surface area contributed by atoms with Crippen LogP contribution in [0.2, 0.25) is 0 Å². The quantitative estimate of drug-likeness (QED) is 0.847. The van der Waals surface area contributed by atoms with E-state index >= 15 is 0 Å². The minimum absolute atomic E-state index is 0.0729. The van der Waals surface area contributed by atoms with Crippen LogP contribution in [0.4, 0.5) is 10.4 Å². The molecule has 0 fully saturated rings. The molecule has 0 bridgehead atoms. The van der Waals surface area contributed by atoms with Gasteiger partial charge in [-0.25, -0.2) is 4.39 Å². The molecule has 0 saturated carbocycles. The van der Waals surface area contributed by atoms with Gasteiger partial charge in [-0.2, -0.15) is 4.98 Å². The first kappa shape index (κ1) is 10.5. The van der Waals surface area contributed by atoms with Gasteiger partial charge in [-0.1, -0.05) is 0 Å². The summed E-state index contributed by atoms with van der Waals surface area (Å²) in [6.07, 6.45) is 0. The molecule has 2 aromatic rings. The van der Waals surface area contributed by atoms with E-state index < -0.39 is 5.82 Å².